The van der Waals surface area contributed by atoms with Crippen LogP contribution >= 0.6 is 0 Å². The summed E-state index contributed by atoms with van der Waals surface area (Å²) in [6.07, 6.45) is 0.770. The summed E-state index contributed by atoms with van der Waals surface area (Å²) in [5.41, 5.74) is 2.90. The van der Waals surface area contributed by atoms with Crippen molar-refractivity contribution < 1.29 is 14.3 Å². The average Bonchev–Trinajstić information content (AvgIpc) is 3.30. The maximum Gasteiger partial charge on any atom is 0.247 e. The summed E-state index contributed by atoms with van der Waals surface area (Å²) in [5.74, 6) is -0.360. The fraction of sp³-hybridized carbons (Fsp3) is 0.500. The summed E-state index contributed by atoms with van der Waals surface area (Å²) >= 11 is 0. The zero-order chi connectivity index (χ0) is 26.4. The number of fused-ring (bicyclic) bond motifs is 1. The number of nitrogens with zero attached hydrogens (tertiary/aromatic N) is 5. The highest BCUT2D eigenvalue weighted by molar-refractivity contribution is 5.90. The molecular formula is C28H38N6O3. The first kappa shape index (κ1) is 26.8. The van der Waals surface area contributed by atoms with Gasteiger partial charge in [0.25, 0.3) is 0 Å². The van der Waals surface area contributed by atoms with Gasteiger partial charge in [-0.05, 0) is 50.5 Å². The molecule has 1 N–H and O–H groups in total. The molecule has 198 valence electrons. The van der Waals surface area contributed by atoms with Crippen LogP contribution in [0.3, 0.4) is 0 Å². The quantitative estimate of drug-likeness (QED) is 0.455. The molecule has 4 rings (SSSR count). The van der Waals surface area contributed by atoms with Crippen molar-refractivity contribution in [1.82, 2.24) is 30.1 Å². The lowest BCUT2D eigenvalue weighted by Crippen LogP contribution is -2.52. The molecule has 9 heteroatoms. The summed E-state index contributed by atoms with van der Waals surface area (Å²) in [6, 6.07) is 14.6. The molecule has 1 aromatic heterocycles. The van der Waals surface area contributed by atoms with Gasteiger partial charge < -0.3 is 15.0 Å². The molecule has 1 aliphatic heterocycles. The average molecular weight is 507 g/mol. The van der Waals surface area contributed by atoms with Crippen molar-refractivity contribution in [2.45, 2.75) is 52.2 Å². The first-order valence-corrected chi connectivity index (χ1v) is 13.0. The second-order valence-corrected chi connectivity index (χ2v) is 10.3. The van der Waals surface area contributed by atoms with Gasteiger partial charge in [0, 0.05) is 31.7 Å². The highest BCUT2D eigenvalue weighted by Gasteiger charge is 2.35. The van der Waals surface area contributed by atoms with Crippen LogP contribution in [0.2, 0.25) is 0 Å². The number of rotatable bonds is 10. The maximum atomic E-state index is 14.0. The molecule has 0 aliphatic carbocycles. The van der Waals surface area contributed by atoms with Crippen molar-refractivity contribution in [2.75, 3.05) is 39.4 Å². The van der Waals surface area contributed by atoms with Crippen LogP contribution in [0.5, 0.6) is 0 Å². The molecule has 3 aromatic rings. The van der Waals surface area contributed by atoms with Crippen molar-refractivity contribution in [3.05, 3.63) is 59.7 Å². The first-order valence-electron chi connectivity index (χ1n) is 13.0. The normalized spacial score (nSPS) is 15.5. The second-order valence-electron chi connectivity index (χ2n) is 10.3. The Kier molecular flexibility index (Phi) is 8.56. The van der Waals surface area contributed by atoms with E-state index >= 15 is 0 Å². The van der Waals surface area contributed by atoms with Crippen LogP contribution in [-0.4, -0.2) is 81.5 Å². The zero-order valence-electron chi connectivity index (χ0n) is 22.3. The van der Waals surface area contributed by atoms with E-state index in [4.69, 9.17) is 4.74 Å². The summed E-state index contributed by atoms with van der Waals surface area (Å²) in [4.78, 5) is 31.9. The summed E-state index contributed by atoms with van der Waals surface area (Å²) in [6.45, 7) is 12.0. The van der Waals surface area contributed by atoms with Gasteiger partial charge in [0.1, 0.15) is 18.1 Å². The summed E-state index contributed by atoms with van der Waals surface area (Å²) in [7, 11) is 0. The fourth-order valence-electron chi connectivity index (χ4n) is 4.56. The van der Waals surface area contributed by atoms with Gasteiger partial charge in [0.2, 0.25) is 11.8 Å². The number of morpholine rings is 1. The Balaban J connectivity index is 1.69. The lowest BCUT2D eigenvalue weighted by atomic mass is 9.96. The van der Waals surface area contributed by atoms with E-state index in [1.165, 1.54) is 0 Å². The van der Waals surface area contributed by atoms with Crippen molar-refractivity contribution in [1.29, 1.82) is 0 Å². The van der Waals surface area contributed by atoms with Gasteiger partial charge in [-0.15, -0.1) is 5.10 Å². The van der Waals surface area contributed by atoms with Crippen molar-refractivity contribution in [2.24, 2.45) is 0 Å². The third-order valence-electron chi connectivity index (χ3n) is 7.17. The molecule has 9 nitrogen and oxygen atoms in total. The number of carbonyl (C=O) groups is 2. The van der Waals surface area contributed by atoms with E-state index in [1.54, 1.807) is 9.58 Å². The lowest BCUT2D eigenvalue weighted by molar-refractivity contribution is -0.142. The largest absolute Gasteiger partial charge is 0.379 e. The van der Waals surface area contributed by atoms with E-state index in [2.05, 4.69) is 20.5 Å². The Labute approximate surface area is 218 Å². The number of nitrogens with one attached hydrogen (secondary N) is 1. The Hall–Kier alpha value is -3.30. The summed E-state index contributed by atoms with van der Waals surface area (Å²) < 4.78 is 7.11. The van der Waals surface area contributed by atoms with Crippen LogP contribution in [0.25, 0.3) is 11.0 Å². The van der Waals surface area contributed by atoms with Crippen LogP contribution in [0.15, 0.2) is 48.5 Å². The van der Waals surface area contributed by atoms with Crippen LogP contribution in [0.1, 0.15) is 44.4 Å². The molecule has 1 atom stereocenters. The van der Waals surface area contributed by atoms with Gasteiger partial charge in [-0.3, -0.25) is 14.5 Å². The van der Waals surface area contributed by atoms with E-state index in [0.717, 1.165) is 41.7 Å². The number of benzene rings is 2. The Morgan fingerprint density at radius 2 is 1.81 bits per heavy atom. The van der Waals surface area contributed by atoms with Gasteiger partial charge in [-0.1, -0.05) is 48.5 Å². The predicted octanol–water partition coefficient (Wildman–Crippen LogP) is 2.95. The third-order valence-corrected chi connectivity index (χ3v) is 7.17. The van der Waals surface area contributed by atoms with Crippen molar-refractivity contribution >= 4 is 22.8 Å². The highest BCUT2D eigenvalue weighted by Crippen LogP contribution is 2.27. The number of para-hydroxylation sites is 1. The number of aromatic nitrogens is 3. The lowest BCUT2D eigenvalue weighted by Gasteiger charge is -2.37. The van der Waals surface area contributed by atoms with Crippen LogP contribution in [0, 0.1) is 6.92 Å². The maximum absolute atomic E-state index is 14.0. The Morgan fingerprint density at radius 3 is 2.54 bits per heavy atom. The standard InChI is InChI=1S/C28H38N6O3/c1-5-28(3,4)29-27(36)26(22-11-7-6-10-21(22)2)33(15-14-32-16-18-37-19-17-32)25(35)20-34-24-13-9-8-12-23(24)30-31-34/h6-13,26H,5,14-20H2,1-4H3,(H,29,36)/t26-/m0/s1. The molecule has 0 unspecified atom stereocenters. The smallest absolute Gasteiger partial charge is 0.247 e. The van der Waals surface area contributed by atoms with Crippen LogP contribution < -0.4 is 5.32 Å². The minimum absolute atomic E-state index is 0.00352. The van der Waals surface area contributed by atoms with E-state index in [9.17, 15) is 9.59 Å². The number of ether oxygens (including phenoxy) is 1. The van der Waals surface area contributed by atoms with Crippen LogP contribution in [-0.2, 0) is 20.9 Å². The minimum Gasteiger partial charge on any atom is -0.379 e. The molecule has 1 fully saturated rings. The topological polar surface area (TPSA) is 92.6 Å². The Bertz CT molecular complexity index is 1220. The fourth-order valence-corrected chi connectivity index (χ4v) is 4.56. The van der Waals surface area contributed by atoms with E-state index in [0.29, 0.717) is 26.3 Å². The van der Waals surface area contributed by atoms with Crippen molar-refractivity contribution in [3.63, 3.8) is 0 Å². The molecule has 1 aliphatic rings. The number of hydrogen-bond acceptors (Lipinski definition) is 6. The SMILES string of the molecule is CCC(C)(C)NC(=O)[C@H](c1ccccc1C)N(CCN1CCOCC1)C(=O)Cn1nnc2ccccc21. The molecule has 0 spiro atoms. The van der Waals surface area contributed by atoms with Gasteiger partial charge in [0.15, 0.2) is 0 Å². The molecule has 2 heterocycles. The van der Waals surface area contributed by atoms with Gasteiger partial charge in [0.05, 0.1) is 18.7 Å². The molecule has 0 radical (unpaired) electrons. The van der Waals surface area contributed by atoms with Crippen molar-refractivity contribution in [3.8, 4) is 0 Å². The molecule has 0 saturated carbocycles. The first-order chi connectivity index (χ1) is 17.8. The molecule has 2 aromatic carbocycles. The van der Waals surface area contributed by atoms with Gasteiger partial charge >= 0.3 is 0 Å². The number of hydrogen-bond donors (Lipinski definition) is 1. The Morgan fingerprint density at radius 1 is 1.11 bits per heavy atom. The number of carbonyl (C=O) groups excluding carboxylic acids is 2. The minimum atomic E-state index is -0.768. The molecule has 2 amide bonds. The van der Waals surface area contributed by atoms with E-state index in [1.807, 2.05) is 76.2 Å². The molecule has 1 saturated heterocycles. The molecular weight excluding hydrogens is 468 g/mol. The highest BCUT2D eigenvalue weighted by atomic mass is 16.5. The van der Waals surface area contributed by atoms with Gasteiger partial charge in [-0.2, -0.15) is 0 Å². The summed E-state index contributed by atoms with van der Waals surface area (Å²) in [5, 5.41) is 11.6. The third kappa shape index (κ3) is 6.53. The monoisotopic (exact) mass is 506 g/mol. The zero-order valence-corrected chi connectivity index (χ0v) is 22.3. The number of amides is 2. The van der Waals surface area contributed by atoms with E-state index < -0.39 is 11.6 Å². The van der Waals surface area contributed by atoms with Crippen LogP contribution in [0.4, 0.5) is 0 Å². The molecule has 0 bridgehead atoms. The van der Waals surface area contributed by atoms with Gasteiger partial charge in [-0.25, -0.2) is 4.68 Å². The predicted molar refractivity (Wildman–Crippen MR) is 143 cm³/mol. The molecule has 37 heavy (non-hydrogen) atoms. The van der Waals surface area contributed by atoms with E-state index in [-0.39, 0.29) is 18.4 Å². The second kappa shape index (κ2) is 11.8. The number of aryl methyl sites for hydroxylation is 1.